The lowest BCUT2D eigenvalue weighted by Gasteiger charge is -2.08. The lowest BCUT2D eigenvalue weighted by atomic mass is 10.1. The van der Waals surface area contributed by atoms with Crippen molar-refractivity contribution in [3.05, 3.63) is 0 Å². The Balaban J connectivity index is 0. The van der Waals surface area contributed by atoms with Gasteiger partial charge in [0, 0.05) is 6.61 Å². The first-order valence-electron chi connectivity index (χ1n) is 7.82. The van der Waals surface area contributed by atoms with Crippen LogP contribution < -0.4 is 6.15 Å². The molecule has 0 rings (SSSR count). The molecule has 0 aromatic rings. The number of ether oxygens (including phenoxy) is 2. The SMILES string of the molecule is CCCCCCCCCCOCCOCCOS(=O)(=O)[O-].[NH4+]. The average molecular weight is 343 g/mol. The largest absolute Gasteiger partial charge is 0.726 e. The van der Waals surface area contributed by atoms with Gasteiger partial charge in [0.2, 0.25) is 10.4 Å². The lowest BCUT2D eigenvalue weighted by Crippen LogP contribution is -2.12. The summed E-state index contributed by atoms with van der Waals surface area (Å²) in [6.45, 7) is 3.62. The molecule has 0 aromatic carbocycles. The molecule has 0 aliphatic heterocycles. The Hall–Kier alpha value is -0.250. The molecule has 7 nitrogen and oxygen atoms in total. The third-order valence-corrected chi connectivity index (χ3v) is 3.42. The molecular formula is C14H33NO6S. The van der Waals surface area contributed by atoms with Crippen molar-refractivity contribution in [2.75, 3.05) is 33.0 Å². The van der Waals surface area contributed by atoms with Gasteiger partial charge in [-0.05, 0) is 6.42 Å². The van der Waals surface area contributed by atoms with Gasteiger partial charge in [-0.1, -0.05) is 51.9 Å². The fourth-order valence-electron chi connectivity index (χ4n) is 1.85. The fraction of sp³-hybridized carbons (Fsp3) is 1.00. The molecule has 0 radical (unpaired) electrons. The van der Waals surface area contributed by atoms with Gasteiger partial charge in [-0.15, -0.1) is 0 Å². The van der Waals surface area contributed by atoms with Crippen molar-refractivity contribution in [2.24, 2.45) is 0 Å². The molecule has 0 amide bonds. The molecule has 0 spiro atoms. The summed E-state index contributed by atoms with van der Waals surface area (Å²) in [5.74, 6) is 0. The molecule has 22 heavy (non-hydrogen) atoms. The zero-order chi connectivity index (χ0) is 15.8. The van der Waals surface area contributed by atoms with Gasteiger partial charge in [-0.25, -0.2) is 8.42 Å². The van der Waals surface area contributed by atoms with E-state index in [0.717, 1.165) is 13.0 Å². The van der Waals surface area contributed by atoms with Crippen LogP contribution in [0.2, 0.25) is 0 Å². The molecular weight excluding hydrogens is 310 g/mol. The molecule has 0 unspecified atom stereocenters. The van der Waals surface area contributed by atoms with E-state index in [1.807, 2.05) is 0 Å². The lowest BCUT2D eigenvalue weighted by molar-refractivity contribution is 0.0345. The number of unbranched alkanes of at least 4 members (excludes halogenated alkanes) is 7. The van der Waals surface area contributed by atoms with Crippen molar-refractivity contribution < 1.29 is 26.6 Å². The molecule has 0 aliphatic rings. The number of hydrogen-bond donors (Lipinski definition) is 1. The minimum absolute atomic E-state index is 0. The van der Waals surface area contributed by atoms with Gasteiger partial charge in [0.1, 0.15) is 0 Å². The second kappa shape index (κ2) is 17.1. The average Bonchev–Trinajstić information content (AvgIpc) is 2.42. The van der Waals surface area contributed by atoms with E-state index in [4.69, 9.17) is 9.47 Å². The van der Waals surface area contributed by atoms with Gasteiger partial charge >= 0.3 is 0 Å². The molecule has 0 saturated heterocycles. The molecule has 0 bridgehead atoms. The van der Waals surface area contributed by atoms with Crippen LogP contribution in [0.1, 0.15) is 58.3 Å². The minimum atomic E-state index is -4.60. The molecule has 0 aliphatic carbocycles. The van der Waals surface area contributed by atoms with E-state index < -0.39 is 10.4 Å². The number of quaternary nitrogens is 1. The van der Waals surface area contributed by atoms with Crippen LogP contribution in [0.15, 0.2) is 0 Å². The van der Waals surface area contributed by atoms with Gasteiger partial charge in [0.15, 0.2) is 0 Å². The van der Waals surface area contributed by atoms with Crippen LogP contribution >= 0.6 is 0 Å². The van der Waals surface area contributed by atoms with Crippen LogP contribution in [-0.2, 0) is 24.1 Å². The van der Waals surface area contributed by atoms with Crippen LogP contribution in [0.3, 0.4) is 0 Å². The van der Waals surface area contributed by atoms with E-state index in [9.17, 15) is 13.0 Å². The molecule has 0 atom stereocenters. The van der Waals surface area contributed by atoms with Crippen molar-refractivity contribution >= 4 is 10.4 Å². The zero-order valence-corrected chi connectivity index (χ0v) is 14.9. The maximum Gasteiger partial charge on any atom is 0.217 e. The first-order chi connectivity index (χ1) is 10.1. The van der Waals surface area contributed by atoms with Gasteiger partial charge < -0.3 is 20.2 Å². The van der Waals surface area contributed by atoms with Crippen molar-refractivity contribution in [1.82, 2.24) is 6.15 Å². The predicted molar refractivity (Wildman–Crippen MR) is 85.9 cm³/mol. The van der Waals surface area contributed by atoms with Crippen LogP contribution in [0, 0.1) is 0 Å². The second-order valence-electron chi connectivity index (χ2n) is 4.93. The molecule has 4 N–H and O–H groups in total. The van der Waals surface area contributed by atoms with E-state index in [1.165, 1.54) is 44.9 Å². The Bertz CT molecular complexity index is 310. The fourth-order valence-corrected chi connectivity index (χ4v) is 2.13. The van der Waals surface area contributed by atoms with E-state index in [0.29, 0.717) is 13.2 Å². The van der Waals surface area contributed by atoms with Crippen LogP contribution in [-0.4, -0.2) is 46.0 Å². The Morgan fingerprint density at radius 1 is 0.727 bits per heavy atom. The van der Waals surface area contributed by atoms with Crippen molar-refractivity contribution in [3.63, 3.8) is 0 Å². The van der Waals surface area contributed by atoms with E-state index in [-0.39, 0.29) is 19.4 Å². The standard InChI is InChI=1S/C14H30O6S.H3N/c1-2-3-4-5-6-7-8-9-10-18-11-12-19-13-14-20-21(15,16)17;/h2-14H2,1H3,(H,15,16,17);1H3. The summed E-state index contributed by atoms with van der Waals surface area (Å²) in [6, 6.07) is 0. The molecule has 0 saturated carbocycles. The first-order valence-corrected chi connectivity index (χ1v) is 9.15. The normalized spacial score (nSPS) is 11.4. The molecule has 0 aromatic heterocycles. The maximum absolute atomic E-state index is 10.1. The predicted octanol–water partition coefficient (Wildman–Crippen LogP) is 3.01. The van der Waals surface area contributed by atoms with E-state index >= 15 is 0 Å². The highest BCUT2D eigenvalue weighted by atomic mass is 32.3. The summed E-state index contributed by atoms with van der Waals surface area (Å²) in [7, 11) is -4.60. The summed E-state index contributed by atoms with van der Waals surface area (Å²) in [5.41, 5.74) is 0. The van der Waals surface area contributed by atoms with Crippen LogP contribution in [0.4, 0.5) is 0 Å². The minimum Gasteiger partial charge on any atom is -0.726 e. The van der Waals surface area contributed by atoms with Crippen molar-refractivity contribution in [1.29, 1.82) is 0 Å². The summed E-state index contributed by atoms with van der Waals surface area (Å²) < 4.78 is 44.7. The molecule has 0 fully saturated rings. The number of hydrogen-bond acceptors (Lipinski definition) is 6. The summed E-state index contributed by atoms with van der Waals surface area (Å²) in [4.78, 5) is 0. The Morgan fingerprint density at radius 3 is 1.73 bits per heavy atom. The highest BCUT2D eigenvalue weighted by Crippen LogP contribution is 2.08. The highest BCUT2D eigenvalue weighted by molar-refractivity contribution is 7.80. The molecule has 8 heteroatoms. The molecule has 0 heterocycles. The van der Waals surface area contributed by atoms with Crippen molar-refractivity contribution in [3.8, 4) is 0 Å². The van der Waals surface area contributed by atoms with Gasteiger partial charge in [0.05, 0.1) is 26.4 Å². The highest BCUT2D eigenvalue weighted by Gasteiger charge is 1.95. The monoisotopic (exact) mass is 343 g/mol. The topological polar surface area (TPSA) is 121 Å². The van der Waals surface area contributed by atoms with E-state index in [1.54, 1.807) is 0 Å². The van der Waals surface area contributed by atoms with Crippen LogP contribution in [0.25, 0.3) is 0 Å². The molecule has 136 valence electrons. The maximum atomic E-state index is 10.1. The van der Waals surface area contributed by atoms with Crippen LogP contribution in [0.5, 0.6) is 0 Å². The van der Waals surface area contributed by atoms with Gasteiger partial charge in [0.25, 0.3) is 0 Å². The van der Waals surface area contributed by atoms with E-state index in [2.05, 4.69) is 11.1 Å². The summed E-state index contributed by atoms with van der Waals surface area (Å²) in [5, 5.41) is 0. The second-order valence-corrected chi connectivity index (χ2v) is 5.98. The summed E-state index contributed by atoms with van der Waals surface area (Å²) >= 11 is 0. The summed E-state index contributed by atoms with van der Waals surface area (Å²) in [6.07, 6.45) is 10.2. The first kappa shape index (κ1) is 24.0. The Kier molecular flexibility index (Phi) is 18.7. The third kappa shape index (κ3) is 22.0. The number of rotatable bonds is 16. The quantitative estimate of drug-likeness (QED) is 0.261. The third-order valence-electron chi connectivity index (χ3n) is 2.97. The van der Waals surface area contributed by atoms with Gasteiger partial charge in [-0.3, -0.25) is 4.18 Å². The zero-order valence-electron chi connectivity index (χ0n) is 14.1. The van der Waals surface area contributed by atoms with Gasteiger partial charge in [-0.2, -0.15) is 0 Å². The smallest absolute Gasteiger partial charge is 0.217 e. The Labute approximate surface area is 135 Å². The van der Waals surface area contributed by atoms with Crippen molar-refractivity contribution in [2.45, 2.75) is 58.3 Å². The Morgan fingerprint density at radius 2 is 1.18 bits per heavy atom.